The van der Waals surface area contributed by atoms with Crippen molar-refractivity contribution >= 4 is 5.91 Å². The summed E-state index contributed by atoms with van der Waals surface area (Å²) in [6, 6.07) is 8.83. The molecular weight excluding hydrogens is 324 g/mol. The lowest BCUT2D eigenvalue weighted by Gasteiger charge is -2.39. The molecule has 1 aliphatic carbocycles. The Labute approximate surface area is 157 Å². The fourth-order valence-corrected chi connectivity index (χ4v) is 5.15. The molecule has 5 rings (SSSR count). The molecule has 0 unspecified atom stereocenters. The third kappa shape index (κ3) is 3.90. The van der Waals surface area contributed by atoms with Crippen LogP contribution in [0.4, 0.5) is 0 Å². The summed E-state index contributed by atoms with van der Waals surface area (Å²) in [5.41, 5.74) is 1.33. The minimum Gasteiger partial charge on any atom is -0.497 e. The second kappa shape index (κ2) is 7.99. The molecule has 0 spiro atoms. The van der Waals surface area contributed by atoms with E-state index in [0.717, 1.165) is 44.8 Å². The van der Waals surface area contributed by atoms with Crippen LogP contribution in [0.2, 0.25) is 0 Å². The standard InChI is InChI=1S/C22H32N2O2/c1-26-21-11-8-17(9-12-21)13-23-14-18-7-10-20(16-23)24(15-18)22(25)19-5-3-2-4-6-19/h8-9,11-12,18-20H,2-7,10,13-16H2,1H3/t18-,20+/m1/s1. The number of carbonyl (C=O) groups is 1. The van der Waals surface area contributed by atoms with Crippen molar-refractivity contribution in [3.63, 3.8) is 0 Å². The number of benzene rings is 1. The Bertz CT molecular complexity index is 609. The van der Waals surface area contributed by atoms with Gasteiger partial charge in [0.15, 0.2) is 0 Å². The van der Waals surface area contributed by atoms with Crippen molar-refractivity contribution in [2.75, 3.05) is 26.7 Å². The van der Waals surface area contributed by atoms with Gasteiger partial charge in [-0.2, -0.15) is 0 Å². The number of carbonyl (C=O) groups excluding carboxylic acids is 1. The minimum atomic E-state index is 0.304. The molecule has 0 aromatic heterocycles. The van der Waals surface area contributed by atoms with Crippen LogP contribution in [0.3, 0.4) is 0 Å². The van der Waals surface area contributed by atoms with Crippen LogP contribution in [0.25, 0.3) is 0 Å². The van der Waals surface area contributed by atoms with Gasteiger partial charge in [-0.3, -0.25) is 9.69 Å². The van der Waals surface area contributed by atoms with Gasteiger partial charge in [0.05, 0.1) is 7.11 Å². The maximum absolute atomic E-state index is 13.1. The third-order valence-corrected chi connectivity index (χ3v) is 6.59. The number of nitrogens with zero attached hydrogens (tertiary/aromatic N) is 2. The van der Waals surface area contributed by atoms with Crippen LogP contribution >= 0.6 is 0 Å². The molecule has 2 atom stereocenters. The van der Waals surface area contributed by atoms with Gasteiger partial charge in [-0.25, -0.2) is 0 Å². The number of piperidine rings is 1. The predicted octanol–water partition coefficient (Wildman–Crippen LogP) is 3.70. The molecule has 3 heterocycles. The van der Waals surface area contributed by atoms with Crippen molar-refractivity contribution in [1.82, 2.24) is 9.80 Å². The number of ether oxygens (including phenoxy) is 1. The molecule has 1 aromatic rings. The first-order valence-electron chi connectivity index (χ1n) is 10.4. The number of methoxy groups -OCH3 is 1. The van der Waals surface area contributed by atoms with Crippen molar-refractivity contribution in [1.29, 1.82) is 0 Å². The van der Waals surface area contributed by atoms with Crippen molar-refractivity contribution in [3.8, 4) is 5.75 Å². The zero-order valence-corrected chi connectivity index (χ0v) is 16.0. The van der Waals surface area contributed by atoms with E-state index in [0.29, 0.717) is 23.8 Å². The minimum absolute atomic E-state index is 0.304. The molecule has 3 aliphatic heterocycles. The SMILES string of the molecule is COc1ccc(CN2C[C@H]3CC[C@@H](C2)N(C(=O)C2CCCCC2)C3)cc1. The van der Waals surface area contributed by atoms with Gasteiger partial charge >= 0.3 is 0 Å². The zero-order valence-electron chi connectivity index (χ0n) is 16.0. The smallest absolute Gasteiger partial charge is 0.225 e. The fourth-order valence-electron chi connectivity index (χ4n) is 5.15. The third-order valence-electron chi connectivity index (χ3n) is 6.59. The van der Waals surface area contributed by atoms with Gasteiger partial charge in [0.25, 0.3) is 0 Å². The monoisotopic (exact) mass is 356 g/mol. The van der Waals surface area contributed by atoms with E-state index in [4.69, 9.17) is 4.74 Å². The normalized spacial score (nSPS) is 27.3. The number of amides is 1. The number of hydrogen-bond donors (Lipinski definition) is 0. The highest BCUT2D eigenvalue weighted by atomic mass is 16.5. The summed E-state index contributed by atoms with van der Waals surface area (Å²) in [5, 5.41) is 0. The second-order valence-electron chi connectivity index (χ2n) is 8.46. The number of rotatable bonds is 4. The molecule has 3 saturated heterocycles. The lowest BCUT2D eigenvalue weighted by atomic mass is 9.86. The molecular formula is C22H32N2O2. The van der Waals surface area contributed by atoms with E-state index in [1.165, 1.54) is 37.7 Å². The highest BCUT2D eigenvalue weighted by Crippen LogP contribution is 2.33. The number of hydrogen-bond acceptors (Lipinski definition) is 3. The van der Waals surface area contributed by atoms with Crippen LogP contribution in [0, 0.1) is 11.8 Å². The van der Waals surface area contributed by atoms with Crippen molar-refractivity contribution in [2.24, 2.45) is 11.8 Å². The van der Waals surface area contributed by atoms with Crippen LogP contribution < -0.4 is 4.74 Å². The van der Waals surface area contributed by atoms with E-state index >= 15 is 0 Å². The van der Waals surface area contributed by atoms with Gasteiger partial charge in [-0.15, -0.1) is 0 Å². The Kier molecular flexibility index (Phi) is 5.49. The van der Waals surface area contributed by atoms with Crippen LogP contribution in [0.1, 0.15) is 50.5 Å². The van der Waals surface area contributed by atoms with Gasteiger partial charge in [0.2, 0.25) is 5.91 Å². The summed E-state index contributed by atoms with van der Waals surface area (Å²) in [5.74, 6) is 2.32. The van der Waals surface area contributed by atoms with E-state index in [1.807, 2.05) is 12.1 Å². The van der Waals surface area contributed by atoms with E-state index in [1.54, 1.807) is 7.11 Å². The molecule has 4 nitrogen and oxygen atoms in total. The molecule has 1 amide bonds. The van der Waals surface area contributed by atoms with Gasteiger partial charge < -0.3 is 9.64 Å². The summed E-state index contributed by atoms with van der Waals surface area (Å²) in [6.07, 6.45) is 8.47. The molecule has 26 heavy (non-hydrogen) atoms. The largest absolute Gasteiger partial charge is 0.497 e. The van der Waals surface area contributed by atoms with Crippen LogP contribution in [0.5, 0.6) is 5.75 Å². The van der Waals surface area contributed by atoms with E-state index in [9.17, 15) is 4.79 Å². The highest BCUT2D eigenvalue weighted by Gasteiger charge is 2.39. The Morgan fingerprint density at radius 3 is 2.50 bits per heavy atom. The first kappa shape index (κ1) is 17.8. The van der Waals surface area contributed by atoms with Crippen LogP contribution in [0.15, 0.2) is 24.3 Å². The Morgan fingerprint density at radius 2 is 1.77 bits per heavy atom. The Morgan fingerprint density at radius 1 is 1.00 bits per heavy atom. The first-order valence-corrected chi connectivity index (χ1v) is 10.4. The van der Waals surface area contributed by atoms with Crippen LogP contribution in [-0.2, 0) is 11.3 Å². The lowest BCUT2D eigenvalue weighted by Crippen LogP contribution is -2.49. The maximum Gasteiger partial charge on any atom is 0.225 e. The first-order chi connectivity index (χ1) is 12.7. The molecule has 0 N–H and O–H groups in total. The zero-order chi connectivity index (χ0) is 17.9. The Balaban J connectivity index is 1.41. The summed E-state index contributed by atoms with van der Waals surface area (Å²) >= 11 is 0. The van der Waals surface area contributed by atoms with E-state index in [2.05, 4.69) is 21.9 Å². The maximum atomic E-state index is 13.1. The molecule has 1 aromatic carbocycles. The average molecular weight is 357 g/mol. The average Bonchev–Trinajstić information content (AvgIpc) is 2.99. The summed E-state index contributed by atoms with van der Waals surface area (Å²) in [4.78, 5) is 18.0. The quantitative estimate of drug-likeness (QED) is 0.825. The van der Waals surface area contributed by atoms with Gasteiger partial charge in [-0.1, -0.05) is 31.4 Å². The van der Waals surface area contributed by atoms with E-state index in [-0.39, 0.29) is 0 Å². The highest BCUT2D eigenvalue weighted by molar-refractivity contribution is 5.79. The molecule has 142 valence electrons. The molecule has 0 radical (unpaired) electrons. The molecule has 1 saturated carbocycles. The Hall–Kier alpha value is -1.55. The predicted molar refractivity (Wildman–Crippen MR) is 103 cm³/mol. The van der Waals surface area contributed by atoms with Gasteiger partial charge in [0, 0.05) is 38.1 Å². The lowest BCUT2D eigenvalue weighted by molar-refractivity contribution is -0.140. The molecule has 4 aliphatic rings. The number of fused-ring (bicyclic) bond motifs is 4. The van der Waals surface area contributed by atoms with Crippen LogP contribution in [-0.4, -0.2) is 48.5 Å². The van der Waals surface area contributed by atoms with Gasteiger partial charge in [-0.05, 0) is 49.3 Å². The van der Waals surface area contributed by atoms with Gasteiger partial charge in [0.1, 0.15) is 5.75 Å². The molecule has 2 bridgehead atoms. The topological polar surface area (TPSA) is 32.8 Å². The fraction of sp³-hybridized carbons (Fsp3) is 0.682. The summed E-state index contributed by atoms with van der Waals surface area (Å²) in [6.45, 7) is 4.11. The van der Waals surface area contributed by atoms with E-state index < -0.39 is 0 Å². The van der Waals surface area contributed by atoms with Crippen molar-refractivity contribution in [2.45, 2.75) is 57.5 Å². The summed E-state index contributed by atoms with van der Waals surface area (Å²) < 4.78 is 5.26. The van der Waals surface area contributed by atoms with Crippen molar-refractivity contribution in [3.05, 3.63) is 29.8 Å². The van der Waals surface area contributed by atoms with Crippen molar-refractivity contribution < 1.29 is 9.53 Å². The molecule has 4 fully saturated rings. The summed E-state index contributed by atoms with van der Waals surface area (Å²) in [7, 11) is 1.71. The second-order valence-corrected chi connectivity index (χ2v) is 8.46. The molecule has 4 heteroatoms.